The first-order valence-electron chi connectivity index (χ1n) is 37.9. The summed E-state index contributed by atoms with van der Waals surface area (Å²) in [4.78, 5) is 48.8. The van der Waals surface area contributed by atoms with Gasteiger partial charge < -0.3 is 23.9 Å². The third-order valence-electron chi connectivity index (χ3n) is 24.6. The lowest BCUT2D eigenvalue weighted by atomic mass is 9.68. The normalized spacial score (nSPS) is 22.9. The SMILES string of the molecule is Cc1c(C(=O)CN2C3CCC2CC(O)(C(C)C)C3)c2ccc(CCC#N)cc2n1-c1ccc(Cl)cc1.Cc1c(C(=O)CN2C3CCCC2CC3)c2ccc(CCC#N)cc2n1-c1ccc(Cl)cc1.Cc1c(C(=O)CN2C3CC[C@@H]2CC(O)(C(C)(C)C)C3)c2ccc(CCC#N)cc2n1-c1ccc(Cl)cc1. The van der Waals surface area contributed by atoms with Crippen molar-refractivity contribution in [2.75, 3.05) is 19.6 Å². The van der Waals surface area contributed by atoms with Gasteiger partial charge in [0.2, 0.25) is 0 Å². The van der Waals surface area contributed by atoms with Gasteiger partial charge >= 0.3 is 0 Å². The van der Waals surface area contributed by atoms with E-state index in [1.807, 2.05) is 118 Å². The van der Waals surface area contributed by atoms with Crippen molar-refractivity contribution in [3.05, 3.63) is 193 Å². The van der Waals surface area contributed by atoms with Crippen molar-refractivity contribution < 1.29 is 24.6 Å². The summed E-state index contributed by atoms with van der Waals surface area (Å²) in [5.74, 6) is 0.678. The van der Waals surface area contributed by atoms with Crippen LogP contribution in [-0.4, -0.2) is 123 Å². The predicted molar refractivity (Wildman–Crippen MR) is 421 cm³/mol. The lowest BCUT2D eigenvalue weighted by molar-refractivity contribution is -0.118. The summed E-state index contributed by atoms with van der Waals surface area (Å²) in [6.07, 6.45) is 16.7. The van der Waals surface area contributed by atoms with Gasteiger partial charge in [-0.25, -0.2) is 0 Å². The van der Waals surface area contributed by atoms with Gasteiger partial charge in [-0.15, -0.1) is 0 Å². The summed E-state index contributed by atoms with van der Waals surface area (Å²) < 4.78 is 6.44. The molecule has 6 aliphatic heterocycles. The molecular weight excluding hydrogens is 1370 g/mol. The number of benzene rings is 6. The standard InChI is InChI=1S/C31H36ClN3O2.C30H34ClN3O2.C27H28ClN3O/c1-20-29(28(36)19-34-24-12-13-25(34)18-31(37,17-24)30(2,3)4)26-14-7-21(6-5-15-33)16-27(26)35(20)23-10-8-22(32)9-11-23;1-19(2)30(36)16-24-11-12-25(17-30)33(24)18-28(35)29-20(3)34(23-9-7-22(31)8-10-23)27-15-21(5-4-14-32)6-13-26(27)29;1-18-27(26(32)17-30-21-5-2-6-22(30)13-12-21)24-14-7-19(4-3-15-29)16-25(24)31(18)23-10-8-20(28)9-11-23/h7-11,14,16,24-25,37H,5-6,12-13,17-19H2,1-4H3;6-10,13,15,19,24-25,36H,4-5,11-12,16-18H2,1-3H3;7-11,14,16,21-22H,2-6,12-13,17H2,1H3/t24-,25?,31?;;/m1../s1. The summed E-state index contributed by atoms with van der Waals surface area (Å²) in [5, 5.41) is 54.6. The van der Waals surface area contributed by atoms with E-state index in [0.717, 1.165) is 139 Å². The van der Waals surface area contributed by atoms with Crippen LogP contribution < -0.4 is 0 Å². The molecule has 0 aliphatic carbocycles. The van der Waals surface area contributed by atoms with E-state index >= 15 is 0 Å². The number of nitriles is 3. The molecular formula is C88H98Cl3N9O5. The number of fused-ring (bicyclic) bond motifs is 9. The Kier molecular flexibility index (Phi) is 22.3. The Hall–Kier alpha value is -7.91. The number of aromatic nitrogens is 3. The summed E-state index contributed by atoms with van der Waals surface area (Å²) in [5.41, 5.74) is 12.8. The molecule has 14 nitrogen and oxygen atoms in total. The van der Waals surface area contributed by atoms with Crippen LogP contribution in [-0.2, 0) is 19.3 Å². The molecule has 6 unspecified atom stereocenters. The van der Waals surface area contributed by atoms with Gasteiger partial charge in [0.25, 0.3) is 0 Å². The maximum Gasteiger partial charge on any atom is 0.179 e. The number of Topliss-reactive ketones (excluding diaryl/α,β-unsaturated/α-hetero) is 3. The molecule has 9 aromatic rings. The highest BCUT2D eigenvalue weighted by atomic mass is 35.5. The quantitative estimate of drug-likeness (QED) is 0.0733. The zero-order valence-corrected chi connectivity index (χ0v) is 64.3. The van der Waals surface area contributed by atoms with Crippen molar-refractivity contribution in [1.82, 2.24) is 28.4 Å². The summed E-state index contributed by atoms with van der Waals surface area (Å²) in [6, 6.07) is 50.5. The van der Waals surface area contributed by atoms with Gasteiger partial charge in [-0.1, -0.05) is 112 Å². The number of aliphatic hydroxyl groups is 2. The molecule has 6 aliphatic rings. The number of nitrogens with zero attached hydrogens (tertiary/aromatic N) is 9. The highest BCUT2D eigenvalue weighted by molar-refractivity contribution is 6.31. The van der Waals surface area contributed by atoms with Gasteiger partial charge in [-0.05, 0) is 236 Å². The molecule has 2 N–H and O–H groups in total. The molecule has 6 fully saturated rings. The zero-order valence-electron chi connectivity index (χ0n) is 62.0. The summed E-state index contributed by atoms with van der Waals surface area (Å²) >= 11 is 18.5. The first-order chi connectivity index (χ1) is 50.3. The average Bonchev–Trinajstić information content (AvgIpc) is 1.61. The number of aryl methyl sites for hydroxylation is 3. The molecule has 6 bridgehead atoms. The minimum atomic E-state index is -0.696. The fraction of sp³-hybridized carbons (Fsp3) is 0.455. The van der Waals surface area contributed by atoms with Gasteiger partial charge in [0, 0.05) is 138 Å². The lowest BCUT2D eigenvalue weighted by Gasteiger charge is -2.49. The number of piperidine rings is 3. The second-order valence-corrected chi connectivity index (χ2v) is 33.4. The van der Waals surface area contributed by atoms with Gasteiger partial charge in [0.15, 0.2) is 17.3 Å². The maximum absolute atomic E-state index is 14.0. The van der Waals surface area contributed by atoms with E-state index in [0.29, 0.717) is 98.2 Å². The third-order valence-corrected chi connectivity index (χ3v) is 25.4. The summed E-state index contributed by atoms with van der Waals surface area (Å²) in [6.45, 7) is 17.9. The molecule has 0 amide bonds. The van der Waals surface area contributed by atoms with Gasteiger partial charge in [0.05, 0.1) is 65.6 Å². The van der Waals surface area contributed by atoms with Crippen LogP contribution in [0.3, 0.4) is 0 Å². The molecule has 0 spiro atoms. The van der Waals surface area contributed by atoms with E-state index in [-0.39, 0.29) is 52.8 Å². The Morgan fingerprint density at radius 1 is 0.448 bits per heavy atom. The lowest BCUT2D eigenvalue weighted by Crippen LogP contribution is -2.57. The van der Waals surface area contributed by atoms with E-state index in [4.69, 9.17) is 50.6 Å². The fourth-order valence-corrected chi connectivity index (χ4v) is 19.1. The number of halogens is 3. The number of rotatable bonds is 19. The smallest absolute Gasteiger partial charge is 0.179 e. The molecule has 9 heterocycles. The van der Waals surface area contributed by atoms with Crippen molar-refractivity contribution >= 4 is 84.9 Å². The van der Waals surface area contributed by atoms with E-state index < -0.39 is 11.2 Å². The highest BCUT2D eigenvalue weighted by Crippen LogP contribution is 2.50. The van der Waals surface area contributed by atoms with Crippen molar-refractivity contribution in [3.63, 3.8) is 0 Å². The van der Waals surface area contributed by atoms with Crippen molar-refractivity contribution in [3.8, 4) is 35.3 Å². The van der Waals surface area contributed by atoms with Crippen LogP contribution in [0.2, 0.25) is 15.1 Å². The Labute approximate surface area is 633 Å². The van der Waals surface area contributed by atoms with Crippen LogP contribution in [0.15, 0.2) is 127 Å². The number of hydrogen-bond acceptors (Lipinski definition) is 11. The molecule has 15 rings (SSSR count). The first-order valence-corrected chi connectivity index (χ1v) is 39.1. The molecule has 6 aromatic carbocycles. The van der Waals surface area contributed by atoms with Crippen LogP contribution in [0.5, 0.6) is 0 Å². The second kappa shape index (κ2) is 31.1. The molecule has 0 radical (unpaired) electrons. The average molecular weight is 1470 g/mol. The summed E-state index contributed by atoms with van der Waals surface area (Å²) in [7, 11) is 0. The van der Waals surface area contributed by atoms with Gasteiger partial charge in [-0.3, -0.25) is 29.1 Å². The van der Waals surface area contributed by atoms with E-state index in [1.165, 1.54) is 32.1 Å². The molecule has 17 heteroatoms. The minimum absolute atomic E-state index is 0.123. The largest absolute Gasteiger partial charge is 0.390 e. The topological polar surface area (TPSA) is 188 Å². The Morgan fingerprint density at radius 2 is 0.733 bits per heavy atom. The molecule has 7 atom stereocenters. The van der Waals surface area contributed by atoms with Crippen LogP contribution in [0, 0.1) is 66.1 Å². The Balaban J connectivity index is 0.000000140. The first kappa shape index (κ1) is 75.3. The van der Waals surface area contributed by atoms with Crippen LogP contribution in [0.1, 0.15) is 202 Å². The highest BCUT2D eigenvalue weighted by Gasteiger charge is 2.53. The van der Waals surface area contributed by atoms with Crippen molar-refractivity contribution in [2.24, 2.45) is 11.3 Å². The third kappa shape index (κ3) is 15.1. The van der Waals surface area contributed by atoms with E-state index in [1.54, 1.807) is 0 Å². The number of carbonyl (C=O) groups is 3. The molecule has 546 valence electrons. The Morgan fingerprint density at radius 3 is 1.02 bits per heavy atom. The Bertz CT molecular complexity index is 4840. The number of hydrogen-bond donors (Lipinski definition) is 2. The van der Waals surface area contributed by atoms with Crippen LogP contribution in [0.4, 0.5) is 0 Å². The van der Waals surface area contributed by atoms with E-state index in [9.17, 15) is 24.6 Å². The zero-order chi connectivity index (χ0) is 74.4. The van der Waals surface area contributed by atoms with Gasteiger partial charge in [0.1, 0.15) is 0 Å². The molecule has 0 saturated carbocycles. The maximum atomic E-state index is 14.0. The number of carbonyl (C=O) groups excluding carboxylic acids is 3. The monoisotopic (exact) mass is 1470 g/mol. The predicted octanol–water partition coefficient (Wildman–Crippen LogP) is 19.1. The fourth-order valence-electron chi connectivity index (χ4n) is 18.8. The van der Waals surface area contributed by atoms with Gasteiger partial charge in [-0.2, -0.15) is 15.8 Å². The van der Waals surface area contributed by atoms with Crippen LogP contribution in [0.25, 0.3) is 49.8 Å². The molecule has 105 heavy (non-hydrogen) atoms. The molecule has 6 saturated heterocycles. The minimum Gasteiger partial charge on any atom is -0.390 e. The van der Waals surface area contributed by atoms with Crippen LogP contribution >= 0.6 is 34.8 Å². The van der Waals surface area contributed by atoms with E-state index in [2.05, 4.69) is 112 Å². The second-order valence-electron chi connectivity index (χ2n) is 32.1. The van der Waals surface area contributed by atoms with Crippen molar-refractivity contribution in [2.45, 2.75) is 225 Å². The number of ketones is 3. The molecule has 3 aromatic heterocycles. The van der Waals surface area contributed by atoms with Crippen molar-refractivity contribution in [1.29, 1.82) is 15.8 Å².